The smallest absolute Gasteiger partial charge is 0.147 e. The molecule has 0 radical (unpaired) electrons. The minimum atomic E-state index is -0.269. The number of hydrogen-bond acceptors (Lipinski definition) is 3. The van der Waals surface area contributed by atoms with E-state index in [1.54, 1.807) is 30.6 Å². The van der Waals surface area contributed by atoms with Crippen LogP contribution in [0.15, 0.2) is 36.7 Å². The maximum absolute atomic E-state index is 13.3. The normalized spacial score (nSPS) is 10.1. The first-order chi connectivity index (χ1) is 7.75. The Hall–Kier alpha value is -1.97. The number of nitrogens with one attached hydrogen (secondary N) is 1. The summed E-state index contributed by atoms with van der Waals surface area (Å²) in [5.41, 5.74) is 1.47. The van der Waals surface area contributed by atoms with Crippen molar-refractivity contribution in [3.05, 3.63) is 53.9 Å². The molecule has 4 heteroatoms. The second-order valence-corrected chi connectivity index (χ2v) is 3.51. The number of rotatable bonds is 3. The quantitative estimate of drug-likeness (QED) is 0.858. The van der Waals surface area contributed by atoms with E-state index in [2.05, 4.69) is 15.3 Å². The highest BCUT2D eigenvalue weighted by atomic mass is 19.1. The van der Waals surface area contributed by atoms with Crippen molar-refractivity contribution in [3.63, 3.8) is 0 Å². The van der Waals surface area contributed by atoms with Gasteiger partial charge in [0.2, 0.25) is 0 Å². The SMILES string of the molecule is Cc1cnc(CNc2ccccc2F)nc1. The molecule has 1 aromatic heterocycles. The largest absolute Gasteiger partial charge is 0.375 e. The molecule has 1 aromatic carbocycles. The number of para-hydroxylation sites is 1. The van der Waals surface area contributed by atoms with E-state index in [4.69, 9.17) is 0 Å². The van der Waals surface area contributed by atoms with E-state index in [0.717, 1.165) is 5.56 Å². The monoisotopic (exact) mass is 217 g/mol. The lowest BCUT2D eigenvalue weighted by molar-refractivity contribution is 0.629. The summed E-state index contributed by atoms with van der Waals surface area (Å²) < 4.78 is 13.3. The summed E-state index contributed by atoms with van der Waals surface area (Å²) in [5, 5.41) is 2.95. The van der Waals surface area contributed by atoms with Gasteiger partial charge in [-0.05, 0) is 24.6 Å². The van der Waals surface area contributed by atoms with E-state index in [9.17, 15) is 4.39 Å². The first-order valence-electron chi connectivity index (χ1n) is 5.01. The van der Waals surface area contributed by atoms with Gasteiger partial charge in [0.25, 0.3) is 0 Å². The van der Waals surface area contributed by atoms with Gasteiger partial charge in [0.1, 0.15) is 11.6 Å². The Morgan fingerprint density at radius 3 is 2.56 bits per heavy atom. The number of anilines is 1. The Bertz CT molecular complexity index is 468. The molecule has 0 fully saturated rings. The molecule has 16 heavy (non-hydrogen) atoms. The molecule has 0 saturated heterocycles. The van der Waals surface area contributed by atoms with Gasteiger partial charge in [-0.1, -0.05) is 12.1 Å². The fourth-order valence-electron chi connectivity index (χ4n) is 1.29. The summed E-state index contributed by atoms with van der Waals surface area (Å²) >= 11 is 0. The molecule has 0 atom stereocenters. The summed E-state index contributed by atoms with van der Waals surface area (Å²) in [6.07, 6.45) is 3.48. The third-order valence-electron chi connectivity index (χ3n) is 2.15. The molecule has 0 aliphatic carbocycles. The molecule has 0 unspecified atom stereocenters. The molecule has 0 saturated carbocycles. The molecule has 1 heterocycles. The molecule has 2 rings (SSSR count). The van der Waals surface area contributed by atoms with E-state index in [0.29, 0.717) is 18.1 Å². The van der Waals surface area contributed by atoms with Crippen LogP contribution in [0.4, 0.5) is 10.1 Å². The first kappa shape index (κ1) is 10.5. The van der Waals surface area contributed by atoms with Crippen LogP contribution in [0.3, 0.4) is 0 Å². The van der Waals surface area contributed by atoms with Crippen LogP contribution >= 0.6 is 0 Å². The van der Waals surface area contributed by atoms with Crippen molar-refractivity contribution in [3.8, 4) is 0 Å². The molecule has 0 aliphatic rings. The molecule has 0 aliphatic heterocycles. The van der Waals surface area contributed by atoms with Gasteiger partial charge in [-0.2, -0.15) is 0 Å². The summed E-state index contributed by atoms with van der Waals surface area (Å²) in [7, 11) is 0. The highest BCUT2D eigenvalue weighted by Crippen LogP contribution is 2.12. The standard InChI is InChI=1S/C12H12FN3/c1-9-6-15-12(16-7-9)8-14-11-5-3-2-4-10(11)13/h2-7,14H,8H2,1H3. The third kappa shape index (κ3) is 2.53. The van der Waals surface area contributed by atoms with Gasteiger partial charge in [0.05, 0.1) is 12.2 Å². The zero-order valence-electron chi connectivity index (χ0n) is 8.94. The van der Waals surface area contributed by atoms with Crippen molar-refractivity contribution >= 4 is 5.69 Å². The first-order valence-corrected chi connectivity index (χ1v) is 5.01. The molecule has 1 N–H and O–H groups in total. The highest BCUT2D eigenvalue weighted by molar-refractivity contribution is 5.44. The van der Waals surface area contributed by atoms with Crippen molar-refractivity contribution in [1.29, 1.82) is 0 Å². The zero-order chi connectivity index (χ0) is 11.4. The lowest BCUT2D eigenvalue weighted by atomic mass is 10.3. The Balaban J connectivity index is 2.02. The number of benzene rings is 1. The lowest BCUT2D eigenvalue weighted by Crippen LogP contribution is -2.05. The molecule has 0 spiro atoms. The fraction of sp³-hybridized carbons (Fsp3) is 0.167. The number of hydrogen-bond donors (Lipinski definition) is 1. The van der Waals surface area contributed by atoms with Crippen molar-refractivity contribution in [2.45, 2.75) is 13.5 Å². The lowest BCUT2D eigenvalue weighted by Gasteiger charge is -2.06. The number of nitrogens with zero attached hydrogens (tertiary/aromatic N) is 2. The minimum Gasteiger partial charge on any atom is -0.375 e. The molecule has 0 amide bonds. The summed E-state index contributed by atoms with van der Waals surface area (Å²) in [6.45, 7) is 2.34. The van der Waals surface area contributed by atoms with Crippen LogP contribution in [0.1, 0.15) is 11.4 Å². The minimum absolute atomic E-state index is 0.269. The fourth-order valence-corrected chi connectivity index (χ4v) is 1.29. The maximum atomic E-state index is 13.3. The van der Waals surface area contributed by atoms with Crippen LogP contribution in [-0.2, 0) is 6.54 Å². The van der Waals surface area contributed by atoms with Crippen LogP contribution in [0.2, 0.25) is 0 Å². The van der Waals surface area contributed by atoms with Gasteiger partial charge < -0.3 is 5.32 Å². The highest BCUT2D eigenvalue weighted by Gasteiger charge is 2.00. The third-order valence-corrected chi connectivity index (χ3v) is 2.15. The van der Waals surface area contributed by atoms with Gasteiger partial charge in [-0.25, -0.2) is 14.4 Å². The Kier molecular flexibility index (Phi) is 3.10. The summed E-state index contributed by atoms with van der Waals surface area (Å²) in [4.78, 5) is 8.25. The molecular weight excluding hydrogens is 205 g/mol. The van der Waals surface area contributed by atoms with Crippen LogP contribution < -0.4 is 5.32 Å². The summed E-state index contributed by atoms with van der Waals surface area (Å²) in [5.74, 6) is 0.378. The average Bonchev–Trinajstić information content (AvgIpc) is 2.30. The van der Waals surface area contributed by atoms with E-state index < -0.39 is 0 Å². The van der Waals surface area contributed by atoms with Gasteiger partial charge in [-0.3, -0.25) is 0 Å². The summed E-state index contributed by atoms with van der Waals surface area (Å²) in [6, 6.07) is 6.53. The van der Waals surface area contributed by atoms with Crippen molar-refractivity contribution < 1.29 is 4.39 Å². The maximum Gasteiger partial charge on any atom is 0.147 e. The molecule has 2 aromatic rings. The Morgan fingerprint density at radius 2 is 1.88 bits per heavy atom. The molecular formula is C12H12FN3. The topological polar surface area (TPSA) is 37.8 Å². The molecule has 3 nitrogen and oxygen atoms in total. The molecule has 0 bridgehead atoms. The zero-order valence-corrected chi connectivity index (χ0v) is 8.94. The van der Waals surface area contributed by atoms with Crippen LogP contribution in [0.5, 0.6) is 0 Å². The van der Waals surface area contributed by atoms with Gasteiger partial charge >= 0.3 is 0 Å². The Morgan fingerprint density at radius 1 is 1.19 bits per heavy atom. The van der Waals surface area contributed by atoms with Crippen molar-refractivity contribution in [2.24, 2.45) is 0 Å². The number of aromatic nitrogens is 2. The van der Waals surface area contributed by atoms with Crippen molar-refractivity contribution in [1.82, 2.24) is 9.97 Å². The van der Waals surface area contributed by atoms with Gasteiger partial charge in [-0.15, -0.1) is 0 Å². The predicted octanol–water partition coefficient (Wildman–Crippen LogP) is 2.54. The molecule has 82 valence electrons. The van der Waals surface area contributed by atoms with Gasteiger partial charge in [0, 0.05) is 12.4 Å². The predicted molar refractivity (Wildman–Crippen MR) is 60.5 cm³/mol. The van der Waals surface area contributed by atoms with E-state index >= 15 is 0 Å². The second kappa shape index (κ2) is 4.70. The van der Waals surface area contributed by atoms with E-state index in [1.165, 1.54) is 6.07 Å². The van der Waals surface area contributed by atoms with Crippen molar-refractivity contribution in [2.75, 3.05) is 5.32 Å². The number of aryl methyl sites for hydroxylation is 1. The van der Waals surface area contributed by atoms with E-state index in [1.807, 2.05) is 6.92 Å². The van der Waals surface area contributed by atoms with E-state index in [-0.39, 0.29) is 5.82 Å². The number of halogens is 1. The second-order valence-electron chi connectivity index (χ2n) is 3.51. The van der Waals surface area contributed by atoms with Crippen LogP contribution in [-0.4, -0.2) is 9.97 Å². The van der Waals surface area contributed by atoms with Gasteiger partial charge in [0.15, 0.2) is 0 Å². The van der Waals surface area contributed by atoms with Crippen LogP contribution in [0.25, 0.3) is 0 Å². The average molecular weight is 217 g/mol. The van der Waals surface area contributed by atoms with Crippen LogP contribution in [0, 0.1) is 12.7 Å². The Labute approximate surface area is 93.4 Å².